The van der Waals surface area contributed by atoms with Gasteiger partial charge in [-0.3, -0.25) is 0 Å². The van der Waals surface area contributed by atoms with Crippen LogP contribution in [0.2, 0.25) is 0 Å². The Balaban J connectivity index is 1.57. The van der Waals surface area contributed by atoms with Gasteiger partial charge in [0.1, 0.15) is 0 Å². The van der Waals surface area contributed by atoms with Crippen LogP contribution in [0.3, 0.4) is 0 Å². The molecule has 0 spiro atoms. The summed E-state index contributed by atoms with van der Waals surface area (Å²) in [5.41, 5.74) is 5.88. The number of aliphatic hydroxyl groups is 1. The minimum Gasteiger partial charge on any atom is -0.393 e. The molecule has 4 aliphatic rings. The Kier molecular flexibility index (Phi) is 5.69. The van der Waals surface area contributed by atoms with Gasteiger partial charge in [0.05, 0.1) is 6.10 Å². The zero-order valence-corrected chi connectivity index (χ0v) is 19.8. The molecule has 1 nitrogen and oxygen atoms in total. The van der Waals surface area contributed by atoms with Gasteiger partial charge < -0.3 is 5.11 Å². The molecule has 0 unspecified atom stereocenters. The Morgan fingerprint density at radius 1 is 1.03 bits per heavy atom. The molecule has 0 bridgehead atoms. The van der Waals surface area contributed by atoms with E-state index in [2.05, 4.69) is 59.8 Å². The Hall–Kier alpha value is -0.820. The fourth-order valence-electron chi connectivity index (χ4n) is 7.51. The van der Waals surface area contributed by atoms with Crippen molar-refractivity contribution in [1.82, 2.24) is 0 Å². The second-order valence-electron chi connectivity index (χ2n) is 11.8. The molecule has 0 amide bonds. The van der Waals surface area contributed by atoms with E-state index in [0.717, 1.165) is 43.4 Å². The molecule has 4 rings (SSSR count). The van der Waals surface area contributed by atoms with Crippen LogP contribution < -0.4 is 0 Å². The van der Waals surface area contributed by atoms with Crippen LogP contribution in [0.15, 0.2) is 34.9 Å². The van der Waals surface area contributed by atoms with Gasteiger partial charge in [0.2, 0.25) is 0 Å². The molecule has 0 aliphatic heterocycles. The molecule has 2 fully saturated rings. The molecule has 0 radical (unpaired) electrons. The van der Waals surface area contributed by atoms with Crippen molar-refractivity contribution >= 4 is 0 Å². The average molecular weight is 397 g/mol. The van der Waals surface area contributed by atoms with Crippen molar-refractivity contribution in [2.24, 2.45) is 40.4 Å². The molecule has 1 heteroatoms. The van der Waals surface area contributed by atoms with Gasteiger partial charge in [-0.05, 0) is 86.4 Å². The fraction of sp³-hybridized carbons (Fsp3) is 0.786. The van der Waals surface area contributed by atoms with E-state index in [0.29, 0.717) is 17.3 Å². The van der Waals surface area contributed by atoms with Crippen molar-refractivity contribution in [3.8, 4) is 0 Å². The van der Waals surface area contributed by atoms with E-state index in [-0.39, 0.29) is 11.5 Å². The summed E-state index contributed by atoms with van der Waals surface area (Å²) in [4.78, 5) is 0. The van der Waals surface area contributed by atoms with Crippen molar-refractivity contribution in [1.29, 1.82) is 0 Å². The Morgan fingerprint density at radius 3 is 2.52 bits per heavy atom. The molecule has 0 saturated heterocycles. The van der Waals surface area contributed by atoms with Crippen LogP contribution in [0.5, 0.6) is 0 Å². The van der Waals surface area contributed by atoms with Gasteiger partial charge in [0.15, 0.2) is 0 Å². The van der Waals surface area contributed by atoms with E-state index in [9.17, 15) is 5.11 Å². The predicted octanol–water partition coefficient (Wildman–Crippen LogP) is 7.47. The van der Waals surface area contributed by atoms with E-state index < -0.39 is 0 Å². The van der Waals surface area contributed by atoms with E-state index in [1.165, 1.54) is 25.7 Å². The maximum Gasteiger partial charge on any atom is 0.0578 e. The maximum absolute atomic E-state index is 10.2. The third kappa shape index (κ3) is 3.50. The molecule has 2 saturated carbocycles. The second-order valence-corrected chi connectivity index (χ2v) is 11.8. The molecule has 0 aromatic rings. The predicted molar refractivity (Wildman–Crippen MR) is 124 cm³/mol. The maximum atomic E-state index is 10.2. The van der Waals surface area contributed by atoms with Gasteiger partial charge in [-0.2, -0.15) is 0 Å². The van der Waals surface area contributed by atoms with Crippen molar-refractivity contribution in [2.75, 3.05) is 0 Å². The second kappa shape index (κ2) is 7.70. The lowest BCUT2D eigenvalue weighted by Gasteiger charge is -2.52. The van der Waals surface area contributed by atoms with Crippen molar-refractivity contribution in [2.45, 2.75) is 99.0 Å². The Bertz CT molecular complexity index is 725. The summed E-state index contributed by atoms with van der Waals surface area (Å²) < 4.78 is 0. The zero-order valence-electron chi connectivity index (χ0n) is 19.8. The van der Waals surface area contributed by atoms with Gasteiger partial charge in [0.25, 0.3) is 0 Å². The quantitative estimate of drug-likeness (QED) is 0.488. The molecule has 7 atom stereocenters. The Morgan fingerprint density at radius 2 is 1.79 bits per heavy atom. The summed E-state index contributed by atoms with van der Waals surface area (Å²) in [5.74, 6) is 3.69. The van der Waals surface area contributed by atoms with Crippen LogP contribution in [0.4, 0.5) is 0 Å². The number of rotatable bonds is 4. The molecule has 1 N–H and O–H groups in total. The number of hydrogen-bond donors (Lipinski definition) is 1. The van der Waals surface area contributed by atoms with Crippen molar-refractivity contribution < 1.29 is 5.11 Å². The van der Waals surface area contributed by atoms with Crippen molar-refractivity contribution in [3.63, 3.8) is 0 Å². The lowest BCUT2D eigenvalue weighted by atomic mass is 9.53. The van der Waals surface area contributed by atoms with Crippen molar-refractivity contribution in [3.05, 3.63) is 34.9 Å². The topological polar surface area (TPSA) is 20.2 Å². The summed E-state index contributed by atoms with van der Waals surface area (Å²) in [6, 6.07) is 0. The van der Waals surface area contributed by atoms with Crippen LogP contribution in [-0.4, -0.2) is 11.2 Å². The highest BCUT2D eigenvalue weighted by atomic mass is 16.3. The van der Waals surface area contributed by atoms with Gasteiger partial charge in [0, 0.05) is 5.41 Å². The first-order chi connectivity index (χ1) is 13.7. The minimum absolute atomic E-state index is 0.109. The highest BCUT2D eigenvalue weighted by molar-refractivity contribution is 5.43. The molecule has 4 aliphatic carbocycles. The summed E-state index contributed by atoms with van der Waals surface area (Å²) in [6.07, 6.45) is 17.1. The van der Waals surface area contributed by atoms with E-state index >= 15 is 0 Å². The standard InChI is InChI=1S/C28H44O/c1-18(2)19(3)7-8-20(4)24-11-12-25-23-10-9-21-17-22(29)13-15-27(21,5)26(23)14-16-28(24,25)6/h7-9,18-20,22,24-25,29H,10-17H2,1-6H3/t19-,20+,22-,24+,25-,27-,28+/m0/s1. The van der Waals surface area contributed by atoms with Crippen LogP contribution in [0.25, 0.3) is 0 Å². The molecule has 0 aromatic carbocycles. The number of aliphatic hydroxyl groups excluding tert-OH is 1. The van der Waals surface area contributed by atoms with Gasteiger partial charge in [-0.25, -0.2) is 0 Å². The molecule has 162 valence electrons. The van der Waals surface area contributed by atoms with Crippen LogP contribution >= 0.6 is 0 Å². The first-order valence-electron chi connectivity index (χ1n) is 12.4. The summed E-state index contributed by atoms with van der Waals surface area (Å²) in [5, 5.41) is 10.2. The van der Waals surface area contributed by atoms with E-state index in [4.69, 9.17) is 0 Å². The highest BCUT2D eigenvalue weighted by Crippen LogP contribution is 2.64. The normalized spacial score (nSPS) is 41.8. The smallest absolute Gasteiger partial charge is 0.0578 e. The number of allylic oxidation sites excluding steroid dienone is 5. The van der Waals surface area contributed by atoms with Gasteiger partial charge >= 0.3 is 0 Å². The minimum atomic E-state index is -0.109. The molecule has 29 heavy (non-hydrogen) atoms. The first kappa shape index (κ1) is 21.4. The molecular formula is C28H44O. The van der Waals surface area contributed by atoms with Gasteiger partial charge in [-0.15, -0.1) is 0 Å². The number of hydrogen-bond acceptors (Lipinski definition) is 1. The third-order valence-electron chi connectivity index (χ3n) is 9.91. The lowest BCUT2D eigenvalue weighted by molar-refractivity contribution is 0.0971. The zero-order chi connectivity index (χ0) is 21.0. The first-order valence-corrected chi connectivity index (χ1v) is 12.4. The molecule has 0 heterocycles. The SMILES string of the molecule is CC(C)[C@@H](C)C=C[C@@H](C)[C@H]1CC[C@H]2C3=C(CC[C@]12C)[C@@]1(C)CC[C@H](O)CC1=CC3. The fourth-order valence-corrected chi connectivity index (χ4v) is 7.51. The Labute approximate surface area is 179 Å². The van der Waals surface area contributed by atoms with E-state index in [1.807, 2.05) is 5.57 Å². The molecular weight excluding hydrogens is 352 g/mol. The largest absolute Gasteiger partial charge is 0.393 e. The third-order valence-corrected chi connectivity index (χ3v) is 9.91. The summed E-state index contributed by atoms with van der Waals surface area (Å²) in [7, 11) is 0. The number of fused-ring (bicyclic) bond motifs is 4. The monoisotopic (exact) mass is 396 g/mol. The van der Waals surface area contributed by atoms with Gasteiger partial charge in [-0.1, -0.05) is 76.5 Å². The van der Waals surface area contributed by atoms with Crippen LogP contribution in [0.1, 0.15) is 92.9 Å². The average Bonchev–Trinajstić information content (AvgIpc) is 3.03. The summed E-state index contributed by atoms with van der Waals surface area (Å²) in [6.45, 7) is 14.6. The van der Waals surface area contributed by atoms with Crippen LogP contribution in [0, 0.1) is 40.4 Å². The highest BCUT2D eigenvalue weighted by Gasteiger charge is 2.54. The summed E-state index contributed by atoms with van der Waals surface area (Å²) >= 11 is 0. The molecule has 0 aromatic heterocycles. The van der Waals surface area contributed by atoms with E-state index in [1.54, 1.807) is 11.1 Å². The lowest BCUT2D eigenvalue weighted by Crippen LogP contribution is -2.41. The van der Waals surface area contributed by atoms with Crippen LogP contribution in [-0.2, 0) is 0 Å².